The Morgan fingerprint density at radius 3 is 2.67 bits per heavy atom. The molecule has 4 nitrogen and oxygen atoms in total. The minimum Gasteiger partial charge on any atom is -0.399 e. The zero-order valence-corrected chi connectivity index (χ0v) is 12.9. The Morgan fingerprint density at radius 2 is 2.00 bits per heavy atom. The van der Waals surface area contributed by atoms with E-state index in [-0.39, 0.29) is 6.04 Å². The first-order valence-electron chi connectivity index (χ1n) is 7.34. The van der Waals surface area contributed by atoms with Gasteiger partial charge in [0.25, 0.3) is 0 Å². The van der Waals surface area contributed by atoms with E-state index in [1.807, 2.05) is 19.1 Å². The minimum absolute atomic E-state index is 0.180. The van der Waals surface area contributed by atoms with Gasteiger partial charge in [-0.25, -0.2) is 8.42 Å². The van der Waals surface area contributed by atoms with E-state index in [1.54, 1.807) is 28.6 Å². The van der Waals surface area contributed by atoms with Gasteiger partial charge >= 0.3 is 0 Å². The zero-order chi connectivity index (χ0) is 15.0. The quantitative estimate of drug-likeness (QED) is 0.864. The summed E-state index contributed by atoms with van der Waals surface area (Å²) in [7, 11) is -3.45. The van der Waals surface area contributed by atoms with Crippen LogP contribution in [0.3, 0.4) is 0 Å². The Balaban J connectivity index is 2.14. The maximum atomic E-state index is 13.0. The van der Waals surface area contributed by atoms with Gasteiger partial charge in [0.05, 0.1) is 4.90 Å². The molecule has 0 radical (unpaired) electrons. The second-order valence-corrected chi connectivity index (χ2v) is 7.44. The minimum atomic E-state index is -3.45. The van der Waals surface area contributed by atoms with Crippen molar-refractivity contribution in [2.45, 2.75) is 37.1 Å². The lowest BCUT2D eigenvalue weighted by Crippen LogP contribution is -2.33. The van der Waals surface area contributed by atoms with E-state index in [0.717, 1.165) is 30.0 Å². The first-order valence-corrected chi connectivity index (χ1v) is 8.78. The predicted molar refractivity (Wildman–Crippen MR) is 85.6 cm³/mol. The van der Waals surface area contributed by atoms with Crippen molar-refractivity contribution in [2.24, 2.45) is 0 Å². The highest BCUT2D eigenvalue weighted by atomic mass is 32.2. The number of anilines is 1. The molecule has 2 N–H and O–H groups in total. The molecule has 1 aliphatic rings. The Labute approximate surface area is 125 Å². The molecule has 1 fully saturated rings. The topological polar surface area (TPSA) is 63.4 Å². The van der Waals surface area contributed by atoms with Crippen LogP contribution < -0.4 is 5.73 Å². The number of nitrogen functional groups attached to an aromatic ring is 1. The van der Waals surface area contributed by atoms with Crippen molar-refractivity contribution >= 4 is 26.5 Å². The number of sulfonamides is 1. The fraction of sp³-hybridized carbons (Fsp3) is 0.375. The first kappa shape index (κ1) is 14.4. The molecule has 0 bridgehead atoms. The lowest BCUT2D eigenvalue weighted by atomic mass is 10.1. The lowest BCUT2D eigenvalue weighted by molar-refractivity contribution is 0.404. The van der Waals surface area contributed by atoms with Crippen molar-refractivity contribution in [1.29, 1.82) is 0 Å². The maximum absolute atomic E-state index is 13.0. The van der Waals surface area contributed by atoms with E-state index in [1.165, 1.54) is 0 Å². The van der Waals surface area contributed by atoms with Gasteiger partial charge in [-0.3, -0.25) is 0 Å². The van der Waals surface area contributed by atoms with Crippen molar-refractivity contribution < 1.29 is 8.42 Å². The molecule has 1 saturated carbocycles. The molecular weight excluding hydrogens is 284 g/mol. The van der Waals surface area contributed by atoms with Crippen molar-refractivity contribution in [3.05, 3.63) is 36.4 Å². The molecule has 112 valence electrons. The molecule has 0 amide bonds. The van der Waals surface area contributed by atoms with Crippen LogP contribution in [-0.2, 0) is 10.0 Å². The van der Waals surface area contributed by atoms with Crippen LogP contribution in [0.4, 0.5) is 5.69 Å². The summed E-state index contributed by atoms with van der Waals surface area (Å²) >= 11 is 0. The summed E-state index contributed by atoms with van der Waals surface area (Å²) in [4.78, 5) is 0.389. The highest BCUT2D eigenvalue weighted by Crippen LogP contribution is 2.34. The lowest BCUT2D eigenvalue weighted by Gasteiger charge is -2.22. The second kappa shape index (κ2) is 5.31. The van der Waals surface area contributed by atoms with Crippen molar-refractivity contribution in [3.8, 4) is 0 Å². The number of rotatable bonds is 5. The van der Waals surface area contributed by atoms with E-state index in [9.17, 15) is 8.42 Å². The molecule has 0 spiro atoms. The number of nitrogens with two attached hydrogens (primary N) is 1. The van der Waals surface area contributed by atoms with E-state index < -0.39 is 10.0 Å². The molecule has 0 aliphatic heterocycles. The molecule has 0 saturated heterocycles. The van der Waals surface area contributed by atoms with Crippen LogP contribution in [0.2, 0.25) is 0 Å². The smallest absolute Gasteiger partial charge is 0.243 e. The van der Waals surface area contributed by atoms with Gasteiger partial charge in [-0.05, 0) is 42.8 Å². The van der Waals surface area contributed by atoms with Crippen molar-refractivity contribution in [1.82, 2.24) is 4.31 Å². The molecule has 3 rings (SSSR count). The SMILES string of the molecule is CCCN(C1CC1)S(=O)(=O)c1cccc2cc(N)ccc12. The number of hydrogen-bond donors (Lipinski definition) is 1. The van der Waals surface area contributed by atoms with E-state index in [0.29, 0.717) is 17.1 Å². The Kier molecular flexibility index (Phi) is 3.63. The number of benzene rings is 2. The molecule has 1 aliphatic carbocycles. The van der Waals surface area contributed by atoms with Crippen LogP contribution >= 0.6 is 0 Å². The van der Waals surface area contributed by atoms with Gasteiger partial charge in [0, 0.05) is 23.7 Å². The average Bonchev–Trinajstić information content (AvgIpc) is 3.28. The maximum Gasteiger partial charge on any atom is 0.243 e. The molecule has 0 atom stereocenters. The van der Waals surface area contributed by atoms with Gasteiger partial charge in [0.2, 0.25) is 10.0 Å². The summed E-state index contributed by atoms with van der Waals surface area (Å²) in [6.07, 6.45) is 2.77. The van der Waals surface area contributed by atoms with Gasteiger partial charge in [0.1, 0.15) is 0 Å². The molecule has 0 heterocycles. The third-order valence-corrected chi connectivity index (χ3v) is 5.86. The van der Waals surface area contributed by atoms with Crippen LogP contribution in [0.1, 0.15) is 26.2 Å². The van der Waals surface area contributed by atoms with Gasteiger partial charge in [-0.2, -0.15) is 4.31 Å². The Morgan fingerprint density at radius 1 is 1.24 bits per heavy atom. The molecule has 0 aromatic heterocycles. The molecular formula is C16H20N2O2S. The summed E-state index contributed by atoms with van der Waals surface area (Å²) in [5, 5.41) is 1.61. The molecule has 21 heavy (non-hydrogen) atoms. The third kappa shape index (κ3) is 2.63. The number of nitrogens with zero attached hydrogens (tertiary/aromatic N) is 1. The van der Waals surface area contributed by atoms with Gasteiger partial charge in [-0.1, -0.05) is 25.1 Å². The Bertz CT molecular complexity index is 767. The van der Waals surface area contributed by atoms with Crippen LogP contribution in [-0.4, -0.2) is 25.3 Å². The average molecular weight is 304 g/mol. The van der Waals surface area contributed by atoms with Crippen molar-refractivity contribution in [3.63, 3.8) is 0 Å². The summed E-state index contributed by atoms with van der Waals surface area (Å²) in [6.45, 7) is 2.59. The van der Waals surface area contributed by atoms with Crippen molar-refractivity contribution in [2.75, 3.05) is 12.3 Å². The Hall–Kier alpha value is -1.59. The monoisotopic (exact) mass is 304 g/mol. The third-order valence-electron chi connectivity index (χ3n) is 3.85. The highest BCUT2D eigenvalue weighted by molar-refractivity contribution is 7.89. The first-order chi connectivity index (χ1) is 10.0. The second-order valence-electron chi connectivity index (χ2n) is 5.58. The van der Waals surface area contributed by atoms with Crippen LogP contribution in [0.5, 0.6) is 0 Å². The molecule has 2 aromatic carbocycles. The van der Waals surface area contributed by atoms with E-state index >= 15 is 0 Å². The van der Waals surface area contributed by atoms with Crippen LogP contribution in [0, 0.1) is 0 Å². The van der Waals surface area contributed by atoms with Crippen LogP contribution in [0.25, 0.3) is 10.8 Å². The summed E-state index contributed by atoms with van der Waals surface area (Å²) in [5.74, 6) is 0. The molecule has 2 aromatic rings. The molecule has 0 unspecified atom stereocenters. The van der Waals surface area contributed by atoms with E-state index in [2.05, 4.69) is 0 Å². The standard InChI is InChI=1S/C16H20N2O2S/c1-2-10-18(14-7-8-14)21(19,20)16-5-3-4-12-11-13(17)6-9-15(12)16/h3-6,9,11,14H,2,7-8,10,17H2,1H3. The van der Waals surface area contributed by atoms with Crippen LogP contribution in [0.15, 0.2) is 41.3 Å². The predicted octanol–water partition coefficient (Wildman–Crippen LogP) is 2.99. The van der Waals surface area contributed by atoms with E-state index in [4.69, 9.17) is 5.73 Å². The fourth-order valence-electron chi connectivity index (χ4n) is 2.71. The number of fused-ring (bicyclic) bond motifs is 1. The van der Waals surface area contributed by atoms with Gasteiger partial charge < -0.3 is 5.73 Å². The fourth-order valence-corrected chi connectivity index (χ4v) is 4.70. The molecule has 5 heteroatoms. The summed E-state index contributed by atoms with van der Waals surface area (Å²) in [5.41, 5.74) is 6.43. The van der Waals surface area contributed by atoms with Gasteiger partial charge in [0.15, 0.2) is 0 Å². The largest absolute Gasteiger partial charge is 0.399 e. The summed E-state index contributed by atoms with van der Waals surface area (Å²) in [6, 6.07) is 10.9. The number of hydrogen-bond acceptors (Lipinski definition) is 3. The van der Waals surface area contributed by atoms with Gasteiger partial charge in [-0.15, -0.1) is 0 Å². The highest BCUT2D eigenvalue weighted by Gasteiger charge is 2.37. The summed E-state index contributed by atoms with van der Waals surface area (Å²) < 4.78 is 27.7. The normalized spacial score (nSPS) is 15.7. The zero-order valence-electron chi connectivity index (χ0n) is 12.1.